The van der Waals surface area contributed by atoms with Crippen LogP contribution in [-0.2, 0) is 0 Å². The fourth-order valence-electron chi connectivity index (χ4n) is 2.84. The van der Waals surface area contributed by atoms with Crippen molar-refractivity contribution in [2.75, 3.05) is 12.4 Å². The molecule has 1 aromatic heterocycles. The predicted molar refractivity (Wildman–Crippen MR) is 80.2 cm³/mol. The van der Waals surface area contributed by atoms with Crippen LogP contribution in [0.3, 0.4) is 0 Å². The van der Waals surface area contributed by atoms with Gasteiger partial charge in [0.05, 0.1) is 19.3 Å². The number of hydrogen-bond donors (Lipinski definition) is 2. The molecule has 0 radical (unpaired) electrons. The van der Waals surface area contributed by atoms with Gasteiger partial charge in [0.1, 0.15) is 11.6 Å². The maximum absolute atomic E-state index is 10.1. The van der Waals surface area contributed by atoms with Gasteiger partial charge in [-0.1, -0.05) is 18.9 Å². The van der Waals surface area contributed by atoms with Gasteiger partial charge in [-0.05, 0) is 36.4 Å². The minimum absolute atomic E-state index is 0.0908. The van der Waals surface area contributed by atoms with Crippen LogP contribution in [0.15, 0.2) is 30.5 Å². The van der Waals surface area contributed by atoms with Crippen molar-refractivity contribution in [1.29, 1.82) is 0 Å². The van der Waals surface area contributed by atoms with E-state index in [4.69, 9.17) is 4.74 Å². The summed E-state index contributed by atoms with van der Waals surface area (Å²) < 4.78 is 5.28. The molecule has 1 aliphatic carbocycles. The van der Waals surface area contributed by atoms with Gasteiger partial charge in [0, 0.05) is 11.6 Å². The summed E-state index contributed by atoms with van der Waals surface area (Å²) in [6.07, 6.45) is 5.63. The second-order valence-corrected chi connectivity index (χ2v) is 5.35. The van der Waals surface area contributed by atoms with Gasteiger partial charge >= 0.3 is 0 Å². The summed E-state index contributed by atoms with van der Waals surface area (Å²) in [6.45, 7) is 0. The summed E-state index contributed by atoms with van der Waals surface area (Å²) in [5, 5.41) is 15.6. The van der Waals surface area contributed by atoms with Gasteiger partial charge in [0.15, 0.2) is 0 Å². The molecule has 0 bridgehead atoms. The third-order valence-electron chi connectivity index (χ3n) is 4.02. The number of aromatic nitrogens is 1. The van der Waals surface area contributed by atoms with Gasteiger partial charge in [0.25, 0.3) is 0 Å². The number of rotatable bonds is 3. The third kappa shape index (κ3) is 2.56. The van der Waals surface area contributed by atoms with Crippen LogP contribution >= 0.6 is 0 Å². The molecule has 1 saturated carbocycles. The number of ether oxygens (including phenoxy) is 1. The molecule has 4 nitrogen and oxygen atoms in total. The molecule has 0 spiro atoms. The Labute approximate surface area is 118 Å². The summed E-state index contributed by atoms with van der Waals surface area (Å²) in [6, 6.07) is 8.03. The number of benzene rings is 1. The number of aliphatic hydroxyl groups excluding tert-OH is 1. The standard InChI is InChI=1S/C16H20N2O2/c1-20-12-7-6-11-8-9-17-16(13(11)10-12)18-14-4-2-3-5-15(14)19/h6-10,14-15,19H,2-5H2,1H3,(H,17,18). The molecular weight excluding hydrogens is 252 g/mol. The Kier molecular flexibility index (Phi) is 3.74. The lowest BCUT2D eigenvalue weighted by Crippen LogP contribution is -2.36. The molecule has 2 N–H and O–H groups in total. The van der Waals surface area contributed by atoms with E-state index in [1.807, 2.05) is 24.3 Å². The van der Waals surface area contributed by atoms with Crippen molar-refractivity contribution in [3.05, 3.63) is 30.5 Å². The van der Waals surface area contributed by atoms with E-state index in [9.17, 15) is 5.11 Å². The molecule has 1 aromatic carbocycles. The third-order valence-corrected chi connectivity index (χ3v) is 4.02. The Balaban J connectivity index is 1.93. The highest BCUT2D eigenvalue weighted by Gasteiger charge is 2.23. The maximum atomic E-state index is 10.1. The molecule has 0 saturated heterocycles. The highest BCUT2D eigenvalue weighted by atomic mass is 16.5. The van der Waals surface area contributed by atoms with E-state index in [0.29, 0.717) is 0 Å². The molecule has 3 rings (SSSR count). The van der Waals surface area contributed by atoms with E-state index in [2.05, 4.69) is 10.3 Å². The summed E-state index contributed by atoms with van der Waals surface area (Å²) in [5.74, 6) is 1.64. The van der Waals surface area contributed by atoms with Gasteiger partial charge < -0.3 is 15.2 Å². The number of aliphatic hydroxyl groups is 1. The monoisotopic (exact) mass is 272 g/mol. The average molecular weight is 272 g/mol. The normalized spacial score (nSPS) is 22.7. The van der Waals surface area contributed by atoms with Gasteiger partial charge in [0.2, 0.25) is 0 Å². The zero-order chi connectivity index (χ0) is 13.9. The largest absolute Gasteiger partial charge is 0.497 e. The molecule has 0 amide bonds. The van der Waals surface area contributed by atoms with Crippen molar-refractivity contribution < 1.29 is 9.84 Å². The molecule has 0 aliphatic heterocycles. The lowest BCUT2D eigenvalue weighted by Gasteiger charge is -2.29. The van der Waals surface area contributed by atoms with Gasteiger partial charge in [-0.25, -0.2) is 4.98 Å². The smallest absolute Gasteiger partial charge is 0.134 e. The summed E-state index contributed by atoms with van der Waals surface area (Å²) >= 11 is 0. The van der Waals surface area contributed by atoms with Crippen LogP contribution < -0.4 is 10.1 Å². The van der Waals surface area contributed by atoms with E-state index in [1.54, 1.807) is 13.3 Å². The fraction of sp³-hybridized carbons (Fsp3) is 0.438. The predicted octanol–water partition coefficient (Wildman–Crippen LogP) is 2.96. The molecule has 1 fully saturated rings. The molecular formula is C16H20N2O2. The van der Waals surface area contributed by atoms with E-state index in [0.717, 1.165) is 48.0 Å². The molecule has 1 aliphatic rings. The number of anilines is 1. The second-order valence-electron chi connectivity index (χ2n) is 5.35. The molecule has 2 unspecified atom stereocenters. The Morgan fingerprint density at radius 3 is 2.90 bits per heavy atom. The Morgan fingerprint density at radius 1 is 1.25 bits per heavy atom. The number of pyridine rings is 1. The van der Waals surface area contributed by atoms with E-state index < -0.39 is 0 Å². The number of nitrogens with one attached hydrogen (secondary N) is 1. The van der Waals surface area contributed by atoms with E-state index >= 15 is 0 Å². The lowest BCUT2D eigenvalue weighted by atomic mass is 9.92. The summed E-state index contributed by atoms with van der Waals surface area (Å²) in [5.41, 5.74) is 0. The van der Waals surface area contributed by atoms with Gasteiger partial charge in [-0.3, -0.25) is 0 Å². The first-order chi connectivity index (χ1) is 9.78. The number of fused-ring (bicyclic) bond motifs is 1. The first-order valence-electron chi connectivity index (χ1n) is 7.15. The highest BCUT2D eigenvalue weighted by molar-refractivity contribution is 5.92. The van der Waals surface area contributed by atoms with Crippen molar-refractivity contribution in [2.24, 2.45) is 0 Å². The SMILES string of the molecule is COc1ccc2ccnc(NC3CCCCC3O)c2c1. The van der Waals surface area contributed by atoms with E-state index in [-0.39, 0.29) is 12.1 Å². The van der Waals surface area contributed by atoms with Crippen LogP contribution in [0.2, 0.25) is 0 Å². The Morgan fingerprint density at radius 2 is 2.10 bits per heavy atom. The zero-order valence-corrected chi connectivity index (χ0v) is 11.7. The molecule has 2 atom stereocenters. The van der Waals surface area contributed by atoms with Crippen LogP contribution in [0, 0.1) is 0 Å². The molecule has 4 heteroatoms. The number of nitrogens with zero attached hydrogens (tertiary/aromatic N) is 1. The minimum atomic E-state index is -0.286. The van der Waals surface area contributed by atoms with Crippen molar-refractivity contribution in [2.45, 2.75) is 37.8 Å². The quantitative estimate of drug-likeness (QED) is 0.902. The summed E-state index contributed by atoms with van der Waals surface area (Å²) in [4.78, 5) is 4.43. The van der Waals surface area contributed by atoms with Crippen LogP contribution in [0.25, 0.3) is 10.8 Å². The lowest BCUT2D eigenvalue weighted by molar-refractivity contribution is 0.116. The van der Waals surface area contributed by atoms with Crippen molar-refractivity contribution in [3.63, 3.8) is 0 Å². The van der Waals surface area contributed by atoms with Crippen molar-refractivity contribution in [3.8, 4) is 5.75 Å². The van der Waals surface area contributed by atoms with Crippen LogP contribution in [-0.4, -0.2) is 29.3 Å². The van der Waals surface area contributed by atoms with Crippen LogP contribution in [0.5, 0.6) is 5.75 Å². The Bertz CT molecular complexity index is 600. The molecule has 106 valence electrons. The molecule has 2 aromatic rings. The highest BCUT2D eigenvalue weighted by Crippen LogP contribution is 2.28. The minimum Gasteiger partial charge on any atom is -0.497 e. The number of hydrogen-bond acceptors (Lipinski definition) is 4. The fourth-order valence-corrected chi connectivity index (χ4v) is 2.84. The van der Waals surface area contributed by atoms with Gasteiger partial charge in [-0.15, -0.1) is 0 Å². The number of methoxy groups -OCH3 is 1. The molecule has 20 heavy (non-hydrogen) atoms. The van der Waals surface area contributed by atoms with Crippen molar-refractivity contribution >= 4 is 16.6 Å². The molecule has 1 heterocycles. The zero-order valence-electron chi connectivity index (χ0n) is 11.7. The van der Waals surface area contributed by atoms with Crippen molar-refractivity contribution in [1.82, 2.24) is 4.98 Å². The van der Waals surface area contributed by atoms with Crippen LogP contribution in [0.1, 0.15) is 25.7 Å². The average Bonchev–Trinajstić information content (AvgIpc) is 2.49. The van der Waals surface area contributed by atoms with Crippen LogP contribution in [0.4, 0.5) is 5.82 Å². The topological polar surface area (TPSA) is 54.4 Å². The Hall–Kier alpha value is -1.81. The maximum Gasteiger partial charge on any atom is 0.134 e. The van der Waals surface area contributed by atoms with E-state index in [1.165, 1.54) is 0 Å². The van der Waals surface area contributed by atoms with Gasteiger partial charge in [-0.2, -0.15) is 0 Å². The first-order valence-corrected chi connectivity index (χ1v) is 7.15. The first kappa shape index (κ1) is 13.2. The second kappa shape index (κ2) is 5.67. The summed E-state index contributed by atoms with van der Waals surface area (Å²) in [7, 11) is 1.66.